The number of fused-ring (bicyclic) bond motifs is 3. The van der Waals surface area contributed by atoms with E-state index in [-0.39, 0.29) is 29.3 Å². The number of aromatic hydroxyl groups is 1. The van der Waals surface area contributed by atoms with Crippen LogP contribution in [0.15, 0.2) is 41.3 Å². The zero-order chi connectivity index (χ0) is 35.5. The zero-order valence-corrected chi connectivity index (χ0v) is 28.7. The number of carbonyl (C=O) groups excluding carboxylic acids is 3. The van der Waals surface area contributed by atoms with Crippen LogP contribution in [0.1, 0.15) is 108 Å². The van der Waals surface area contributed by atoms with Crippen molar-refractivity contribution < 1.29 is 39.9 Å². The molecule has 11 heteroatoms. The van der Waals surface area contributed by atoms with Gasteiger partial charge in [-0.15, -0.1) is 0 Å². The van der Waals surface area contributed by atoms with Crippen LogP contribution in [0.3, 0.4) is 0 Å². The van der Waals surface area contributed by atoms with E-state index in [9.17, 15) is 39.9 Å². The second-order valence-corrected chi connectivity index (χ2v) is 14.0. The highest BCUT2D eigenvalue weighted by molar-refractivity contribution is 6.15. The van der Waals surface area contributed by atoms with Gasteiger partial charge in [0.2, 0.25) is 11.7 Å². The summed E-state index contributed by atoms with van der Waals surface area (Å²) in [6.45, 7) is 7.43. The molecule has 11 nitrogen and oxygen atoms in total. The van der Waals surface area contributed by atoms with E-state index >= 15 is 0 Å². The van der Waals surface area contributed by atoms with E-state index in [2.05, 4.69) is 18.8 Å². The fourth-order valence-electron chi connectivity index (χ4n) is 7.95. The lowest BCUT2D eigenvalue weighted by atomic mass is 9.54. The fourth-order valence-corrected chi connectivity index (χ4v) is 7.95. The van der Waals surface area contributed by atoms with Crippen molar-refractivity contribution in [1.82, 2.24) is 4.90 Å². The predicted octanol–water partition coefficient (Wildman–Crippen LogP) is 5.12. The number of hydrogen-bond acceptors (Lipinski definition) is 10. The van der Waals surface area contributed by atoms with Crippen molar-refractivity contribution in [3.05, 3.63) is 52.4 Å². The SMILES string of the molecule is C=C(N)C1=C(O)[C@@]2(O)C(=O)C3=C(O)c4c(ccc(NC(=O)CCCCCCCCCCCCC)c4O)[C@H](C)C3C(O)C2[C@H](N(C)C)C1=O. The second kappa shape index (κ2) is 15.3. The Morgan fingerprint density at radius 2 is 1.54 bits per heavy atom. The summed E-state index contributed by atoms with van der Waals surface area (Å²) < 4.78 is 0. The number of anilines is 1. The number of hydrogen-bond donors (Lipinski definition) is 7. The number of phenols is 1. The number of likely N-dealkylation sites (N-methyl/N-ethyl adjacent to an activating group) is 1. The van der Waals surface area contributed by atoms with E-state index in [0.29, 0.717) is 12.0 Å². The van der Waals surface area contributed by atoms with Gasteiger partial charge in [-0.25, -0.2) is 0 Å². The summed E-state index contributed by atoms with van der Waals surface area (Å²) in [5, 5.41) is 60.5. The molecule has 264 valence electrons. The smallest absolute Gasteiger partial charge is 0.224 e. The number of ketones is 2. The Hall–Kier alpha value is -3.67. The first kappa shape index (κ1) is 37.2. The molecule has 8 N–H and O–H groups in total. The highest BCUT2D eigenvalue weighted by Crippen LogP contribution is 2.56. The lowest BCUT2D eigenvalue weighted by Gasteiger charge is -2.54. The molecule has 0 saturated heterocycles. The van der Waals surface area contributed by atoms with Gasteiger partial charge in [0.05, 0.1) is 34.9 Å². The lowest BCUT2D eigenvalue weighted by molar-refractivity contribution is -0.169. The molecule has 6 atom stereocenters. The zero-order valence-electron chi connectivity index (χ0n) is 28.7. The number of aliphatic hydroxyl groups excluding tert-OH is 3. The summed E-state index contributed by atoms with van der Waals surface area (Å²) >= 11 is 0. The molecule has 1 saturated carbocycles. The number of Topliss-reactive ketones (excluding diaryl/α,β-unsaturated/α-hetero) is 2. The van der Waals surface area contributed by atoms with Gasteiger partial charge in [-0.2, -0.15) is 0 Å². The Balaban J connectivity index is 1.54. The Bertz CT molecular complexity index is 1500. The highest BCUT2D eigenvalue weighted by atomic mass is 16.4. The third-order valence-electron chi connectivity index (χ3n) is 10.5. The van der Waals surface area contributed by atoms with E-state index in [1.54, 1.807) is 13.0 Å². The third-order valence-corrected chi connectivity index (χ3v) is 10.5. The minimum atomic E-state index is -2.83. The minimum Gasteiger partial charge on any atom is -0.508 e. The molecule has 4 rings (SSSR count). The summed E-state index contributed by atoms with van der Waals surface area (Å²) in [6, 6.07) is 1.85. The van der Waals surface area contributed by atoms with Crippen LogP contribution < -0.4 is 11.1 Å². The molecule has 48 heavy (non-hydrogen) atoms. The number of unbranched alkanes of at least 4 members (excludes halogenated alkanes) is 10. The monoisotopic (exact) mass is 667 g/mol. The second-order valence-electron chi connectivity index (χ2n) is 14.0. The van der Waals surface area contributed by atoms with Crippen molar-refractivity contribution >= 4 is 28.9 Å². The predicted molar refractivity (Wildman–Crippen MR) is 184 cm³/mol. The molecule has 1 aromatic carbocycles. The van der Waals surface area contributed by atoms with Gasteiger partial charge >= 0.3 is 0 Å². The van der Waals surface area contributed by atoms with E-state index in [0.717, 1.165) is 19.3 Å². The Labute approximate surface area is 283 Å². The average molecular weight is 668 g/mol. The topological polar surface area (TPSA) is 194 Å². The highest BCUT2D eigenvalue weighted by Gasteiger charge is 2.67. The number of nitrogens with zero attached hydrogens (tertiary/aromatic N) is 1. The van der Waals surface area contributed by atoms with Crippen LogP contribution in [0.4, 0.5) is 5.69 Å². The lowest BCUT2D eigenvalue weighted by Crippen LogP contribution is -2.70. The molecule has 1 fully saturated rings. The van der Waals surface area contributed by atoms with Crippen LogP contribution in [-0.2, 0) is 14.4 Å². The van der Waals surface area contributed by atoms with Crippen LogP contribution in [0.2, 0.25) is 0 Å². The van der Waals surface area contributed by atoms with Crippen molar-refractivity contribution in [2.75, 3.05) is 19.4 Å². The summed E-state index contributed by atoms with van der Waals surface area (Å²) in [4.78, 5) is 41.9. The maximum Gasteiger partial charge on any atom is 0.224 e. The number of amides is 1. The average Bonchev–Trinajstić information content (AvgIpc) is 3.02. The number of nitrogens with one attached hydrogen (secondary N) is 1. The molecule has 3 unspecified atom stereocenters. The number of benzene rings is 1. The molecule has 1 aromatic rings. The number of allylic oxidation sites excluding steroid dienone is 1. The molecule has 0 bridgehead atoms. The molecule has 0 aliphatic heterocycles. The van der Waals surface area contributed by atoms with Gasteiger partial charge in [-0.3, -0.25) is 19.3 Å². The van der Waals surface area contributed by atoms with Gasteiger partial charge in [-0.1, -0.05) is 90.7 Å². The number of aliphatic hydroxyl groups is 4. The molecular weight excluding hydrogens is 614 g/mol. The first-order valence-corrected chi connectivity index (χ1v) is 17.3. The van der Waals surface area contributed by atoms with Crippen molar-refractivity contribution in [2.24, 2.45) is 17.6 Å². The largest absolute Gasteiger partial charge is 0.508 e. The van der Waals surface area contributed by atoms with Gasteiger partial charge < -0.3 is 36.6 Å². The fraction of sp³-hybridized carbons (Fsp3) is 0.595. The van der Waals surface area contributed by atoms with Crippen molar-refractivity contribution in [1.29, 1.82) is 0 Å². The van der Waals surface area contributed by atoms with Crippen LogP contribution in [0.5, 0.6) is 5.75 Å². The van der Waals surface area contributed by atoms with Crippen LogP contribution >= 0.6 is 0 Å². The van der Waals surface area contributed by atoms with E-state index in [1.165, 1.54) is 70.0 Å². The molecule has 0 aromatic heterocycles. The summed E-state index contributed by atoms with van der Waals surface area (Å²) in [6.07, 6.45) is 11.3. The molecule has 3 aliphatic carbocycles. The Morgan fingerprint density at radius 1 is 0.979 bits per heavy atom. The van der Waals surface area contributed by atoms with Crippen molar-refractivity contribution in [3.8, 4) is 5.75 Å². The van der Waals surface area contributed by atoms with Crippen molar-refractivity contribution in [2.45, 2.75) is 115 Å². The van der Waals surface area contributed by atoms with Crippen molar-refractivity contribution in [3.63, 3.8) is 0 Å². The number of carbonyl (C=O) groups is 3. The number of nitrogens with two attached hydrogens (primary N) is 1. The molecule has 1 amide bonds. The third kappa shape index (κ3) is 6.64. The number of rotatable bonds is 15. The Morgan fingerprint density at radius 3 is 2.08 bits per heavy atom. The van der Waals surface area contributed by atoms with E-state index in [1.807, 2.05) is 0 Å². The van der Waals surface area contributed by atoms with Crippen LogP contribution in [0.25, 0.3) is 5.76 Å². The molecule has 0 spiro atoms. The number of phenolic OH excluding ortho intramolecular Hbond substituents is 1. The van der Waals surface area contributed by atoms with Crippen LogP contribution in [-0.4, -0.2) is 79.7 Å². The first-order valence-electron chi connectivity index (χ1n) is 17.3. The summed E-state index contributed by atoms with van der Waals surface area (Å²) in [5.74, 6) is -7.63. The van der Waals surface area contributed by atoms with E-state index < -0.39 is 75.5 Å². The van der Waals surface area contributed by atoms with Gasteiger partial charge in [0, 0.05) is 23.6 Å². The van der Waals surface area contributed by atoms with Gasteiger partial charge in [-0.05, 0) is 38.1 Å². The normalized spacial score (nSPS) is 26.8. The molecular formula is C37H53N3O8. The van der Waals surface area contributed by atoms with Gasteiger partial charge in [0.15, 0.2) is 11.4 Å². The Kier molecular flexibility index (Phi) is 11.8. The first-order chi connectivity index (χ1) is 22.7. The maximum atomic E-state index is 14.2. The van der Waals surface area contributed by atoms with Gasteiger partial charge in [0.1, 0.15) is 17.3 Å². The van der Waals surface area contributed by atoms with E-state index in [4.69, 9.17) is 5.73 Å². The molecule has 0 heterocycles. The maximum absolute atomic E-state index is 14.2. The van der Waals surface area contributed by atoms with Crippen LogP contribution in [0, 0.1) is 11.8 Å². The quantitative estimate of drug-likeness (QED) is 0.0975. The summed E-state index contributed by atoms with van der Waals surface area (Å²) in [7, 11) is 3.07. The molecule has 3 aliphatic rings. The minimum absolute atomic E-state index is 0.0420. The standard InChI is InChI=1S/C37H53N3O8/c1-6-7-8-9-10-11-12-13-14-15-16-17-24(41)39-23-19-18-22-20(2)25-28(32(43)27(22)31(23)42)36(47)37(48)29(33(25)44)30(40(4)5)34(45)26(21(3)38)35(37)46/h18-20,25,29-30,33,42-44,46,48H,3,6-17,38H2,1-2,4-5H3,(H,39,41)/t20-,25?,29?,30-,33?,37+/m0/s1. The molecule has 0 radical (unpaired) electrons. The van der Waals surface area contributed by atoms with Gasteiger partial charge in [0.25, 0.3) is 0 Å². The summed E-state index contributed by atoms with van der Waals surface area (Å²) in [5.41, 5.74) is 2.01.